The Balaban J connectivity index is 1.87. The van der Waals surface area contributed by atoms with Crippen molar-refractivity contribution in [2.24, 2.45) is 0 Å². The van der Waals surface area contributed by atoms with Crippen molar-refractivity contribution >= 4 is 31.0 Å². The van der Waals surface area contributed by atoms with Crippen LogP contribution < -0.4 is 10.8 Å². The smallest absolute Gasteiger partial charge is 0.255 e. The van der Waals surface area contributed by atoms with Crippen LogP contribution in [0.4, 0.5) is 0 Å². The molecule has 0 saturated carbocycles. The summed E-state index contributed by atoms with van der Waals surface area (Å²) in [6, 6.07) is 5.14. The molecule has 1 fully saturated rings. The van der Waals surface area contributed by atoms with Gasteiger partial charge in [0.25, 0.3) is 5.91 Å². The lowest BCUT2D eigenvalue weighted by atomic mass is 9.93. The Labute approximate surface area is 111 Å². The van der Waals surface area contributed by atoms with E-state index in [1.807, 2.05) is 20.0 Å². The topological polar surface area (TPSA) is 66.5 Å². The Hall–Kier alpha value is -2.11. The molecule has 0 bridgehead atoms. The molecule has 0 spiro atoms. The van der Waals surface area contributed by atoms with E-state index in [0.717, 1.165) is 11.0 Å². The summed E-state index contributed by atoms with van der Waals surface area (Å²) in [6.45, 7) is 0.447. The number of carbonyl (C=O) groups is 3. The van der Waals surface area contributed by atoms with E-state index in [9.17, 15) is 14.4 Å². The minimum Gasteiger partial charge on any atom is -0.322 e. The fourth-order valence-corrected chi connectivity index (χ4v) is 2.70. The zero-order chi connectivity index (χ0) is 13.6. The summed E-state index contributed by atoms with van der Waals surface area (Å²) < 4.78 is 0. The van der Waals surface area contributed by atoms with Crippen LogP contribution in [0.2, 0.25) is 0 Å². The summed E-state index contributed by atoms with van der Waals surface area (Å²) >= 11 is 0. The molecule has 1 unspecified atom stereocenters. The van der Waals surface area contributed by atoms with E-state index in [1.165, 1.54) is 0 Å². The molecule has 0 aliphatic carbocycles. The number of hydrogen-bond acceptors (Lipinski definition) is 3. The van der Waals surface area contributed by atoms with Crippen LogP contribution >= 0.6 is 0 Å². The fourth-order valence-electron chi connectivity index (χ4n) is 2.70. The Morgan fingerprint density at radius 3 is 2.79 bits per heavy atom. The molecule has 1 saturated heterocycles. The van der Waals surface area contributed by atoms with Crippen LogP contribution in [-0.4, -0.2) is 36.5 Å². The number of carbonyl (C=O) groups excluding carboxylic acids is 3. The molecule has 2 heterocycles. The molecule has 19 heavy (non-hydrogen) atoms. The molecule has 2 aliphatic heterocycles. The highest BCUT2D eigenvalue weighted by Gasteiger charge is 2.38. The second kappa shape index (κ2) is 4.22. The average Bonchev–Trinajstić information content (AvgIpc) is 2.66. The molecule has 0 aromatic heterocycles. The van der Waals surface area contributed by atoms with E-state index >= 15 is 0 Å². The molecular formula is C13H13BN2O3. The Kier molecular flexibility index (Phi) is 2.66. The summed E-state index contributed by atoms with van der Waals surface area (Å²) in [6.07, 6.45) is 0.693. The van der Waals surface area contributed by atoms with Crippen LogP contribution in [-0.2, 0) is 16.1 Å². The minimum atomic E-state index is -0.530. The van der Waals surface area contributed by atoms with Crippen molar-refractivity contribution < 1.29 is 14.4 Å². The van der Waals surface area contributed by atoms with Crippen LogP contribution in [0.5, 0.6) is 0 Å². The third-order valence-corrected chi connectivity index (χ3v) is 3.68. The number of amides is 3. The zero-order valence-corrected chi connectivity index (χ0v) is 10.6. The van der Waals surface area contributed by atoms with E-state index < -0.39 is 6.04 Å². The van der Waals surface area contributed by atoms with Crippen molar-refractivity contribution in [1.82, 2.24) is 10.2 Å². The summed E-state index contributed by atoms with van der Waals surface area (Å²) in [5, 5.41) is 2.29. The highest BCUT2D eigenvalue weighted by Crippen LogP contribution is 2.26. The number of nitrogens with one attached hydrogen (secondary N) is 1. The lowest BCUT2D eigenvalue weighted by molar-refractivity contribution is -0.136. The molecule has 1 atom stereocenters. The van der Waals surface area contributed by atoms with Gasteiger partial charge < -0.3 is 4.90 Å². The molecule has 5 nitrogen and oxygen atoms in total. The number of piperidine rings is 1. The second-order valence-electron chi connectivity index (χ2n) is 5.06. The highest BCUT2D eigenvalue weighted by molar-refractivity contribution is 6.32. The lowest BCUT2D eigenvalue weighted by Gasteiger charge is -2.29. The monoisotopic (exact) mass is 256 g/mol. The quantitative estimate of drug-likeness (QED) is 0.502. The van der Waals surface area contributed by atoms with E-state index in [-0.39, 0.29) is 24.1 Å². The number of hydrogen-bond donors (Lipinski definition) is 1. The Morgan fingerprint density at radius 1 is 1.26 bits per heavy atom. The first-order valence-corrected chi connectivity index (χ1v) is 6.30. The maximum Gasteiger partial charge on any atom is 0.255 e. The molecule has 1 aromatic carbocycles. The molecule has 6 heteroatoms. The maximum atomic E-state index is 12.3. The van der Waals surface area contributed by atoms with Gasteiger partial charge in [-0.3, -0.25) is 19.7 Å². The van der Waals surface area contributed by atoms with Crippen LogP contribution in [0.25, 0.3) is 0 Å². The SMILES string of the molecule is Bc1ccc2c(c1)CN(C1CCC(=O)NC1=O)C2=O. The zero-order valence-electron chi connectivity index (χ0n) is 10.6. The predicted octanol–water partition coefficient (Wildman–Crippen LogP) is -1.29. The number of nitrogens with zero attached hydrogens (tertiary/aromatic N) is 1. The van der Waals surface area contributed by atoms with E-state index in [2.05, 4.69) is 5.32 Å². The summed E-state index contributed by atoms with van der Waals surface area (Å²) in [5.74, 6) is -0.750. The third-order valence-electron chi connectivity index (χ3n) is 3.68. The maximum absolute atomic E-state index is 12.3. The summed E-state index contributed by atoms with van der Waals surface area (Å²) in [7, 11) is 1.97. The van der Waals surface area contributed by atoms with Crippen molar-refractivity contribution in [3.05, 3.63) is 29.3 Å². The standard InChI is InChI=1S/C13H13BN2O3/c14-8-1-2-9-7(5-8)6-16(13(9)19)10-3-4-11(17)15-12(10)18/h1-2,5,10H,3-4,6,14H2,(H,15,17,18). The molecule has 0 radical (unpaired) electrons. The number of fused-ring (bicyclic) bond motifs is 1. The van der Waals surface area contributed by atoms with Gasteiger partial charge in [0, 0.05) is 18.5 Å². The van der Waals surface area contributed by atoms with Gasteiger partial charge in [-0.15, -0.1) is 0 Å². The van der Waals surface area contributed by atoms with Gasteiger partial charge in [-0.05, 0) is 18.1 Å². The summed E-state index contributed by atoms with van der Waals surface area (Å²) in [5.41, 5.74) is 2.71. The number of rotatable bonds is 1. The second-order valence-corrected chi connectivity index (χ2v) is 5.06. The van der Waals surface area contributed by atoms with Crippen molar-refractivity contribution in [1.29, 1.82) is 0 Å². The van der Waals surface area contributed by atoms with Gasteiger partial charge in [-0.1, -0.05) is 17.6 Å². The van der Waals surface area contributed by atoms with E-state index in [1.54, 1.807) is 11.0 Å². The van der Waals surface area contributed by atoms with E-state index in [0.29, 0.717) is 18.5 Å². The van der Waals surface area contributed by atoms with Crippen molar-refractivity contribution in [2.75, 3.05) is 0 Å². The van der Waals surface area contributed by atoms with Gasteiger partial charge in [0.15, 0.2) is 0 Å². The van der Waals surface area contributed by atoms with Gasteiger partial charge in [0.05, 0.1) is 0 Å². The minimum absolute atomic E-state index is 0.121. The largest absolute Gasteiger partial charge is 0.322 e. The van der Waals surface area contributed by atoms with Gasteiger partial charge in [0.2, 0.25) is 11.8 Å². The molecule has 3 rings (SSSR count). The van der Waals surface area contributed by atoms with Gasteiger partial charge in [-0.2, -0.15) is 0 Å². The number of imide groups is 1. The molecule has 1 N–H and O–H groups in total. The van der Waals surface area contributed by atoms with E-state index in [4.69, 9.17) is 0 Å². The average molecular weight is 256 g/mol. The first-order chi connectivity index (χ1) is 9.06. The predicted molar refractivity (Wildman–Crippen MR) is 70.7 cm³/mol. The van der Waals surface area contributed by atoms with Crippen LogP contribution in [0.1, 0.15) is 28.8 Å². The van der Waals surface area contributed by atoms with Crippen LogP contribution in [0.3, 0.4) is 0 Å². The van der Waals surface area contributed by atoms with Gasteiger partial charge >= 0.3 is 0 Å². The molecule has 96 valence electrons. The van der Waals surface area contributed by atoms with Crippen molar-refractivity contribution in [3.8, 4) is 0 Å². The Bertz CT molecular complexity index is 600. The van der Waals surface area contributed by atoms with Crippen LogP contribution in [0.15, 0.2) is 18.2 Å². The Morgan fingerprint density at radius 2 is 2.05 bits per heavy atom. The lowest BCUT2D eigenvalue weighted by Crippen LogP contribution is -2.52. The normalized spacial score (nSPS) is 22.4. The van der Waals surface area contributed by atoms with Crippen LogP contribution in [0, 0.1) is 0 Å². The summed E-state index contributed by atoms with van der Waals surface area (Å²) in [4.78, 5) is 36.8. The first-order valence-electron chi connectivity index (χ1n) is 6.30. The third kappa shape index (κ3) is 1.93. The first kappa shape index (κ1) is 12.0. The number of benzene rings is 1. The molecule has 1 aromatic rings. The molecule has 2 aliphatic rings. The highest BCUT2D eigenvalue weighted by atomic mass is 16.2. The fraction of sp³-hybridized carbons (Fsp3) is 0.308. The molecule has 3 amide bonds. The van der Waals surface area contributed by atoms with Gasteiger partial charge in [-0.25, -0.2) is 0 Å². The van der Waals surface area contributed by atoms with Crippen molar-refractivity contribution in [2.45, 2.75) is 25.4 Å². The molecular weight excluding hydrogens is 243 g/mol. The van der Waals surface area contributed by atoms with Gasteiger partial charge in [0.1, 0.15) is 13.9 Å². The van der Waals surface area contributed by atoms with Crippen molar-refractivity contribution in [3.63, 3.8) is 0 Å².